The summed E-state index contributed by atoms with van der Waals surface area (Å²) in [6.07, 6.45) is 0.341. The van der Waals surface area contributed by atoms with Crippen molar-refractivity contribution in [1.29, 1.82) is 0 Å². The number of rotatable bonds is 4. The summed E-state index contributed by atoms with van der Waals surface area (Å²) in [6, 6.07) is 13.9. The number of nitrogens with one attached hydrogen (secondary N) is 1. The Balaban J connectivity index is 1.59. The number of ether oxygens (including phenoxy) is 3. The smallest absolute Gasteiger partial charge is 0.231 e. The maximum atomic E-state index is 12.6. The molecule has 0 saturated heterocycles. The molecule has 0 fully saturated rings. The predicted octanol–water partition coefficient (Wildman–Crippen LogP) is 3.45. The molecule has 29 heavy (non-hydrogen) atoms. The second-order valence-electron chi connectivity index (χ2n) is 7.25. The maximum Gasteiger partial charge on any atom is 0.231 e. The Bertz CT molecular complexity index is 1090. The fraction of sp³-hybridized carbons (Fsp3) is 0.273. The molecule has 0 spiro atoms. The fourth-order valence-electron chi connectivity index (χ4n) is 4.12. The Hall–Kier alpha value is -3.48. The number of hydrogen-bond donors (Lipinski definition) is 1. The Labute approximate surface area is 168 Å². The summed E-state index contributed by atoms with van der Waals surface area (Å²) in [5.41, 5.74) is 4.00. The van der Waals surface area contributed by atoms with E-state index >= 15 is 0 Å². The Morgan fingerprint density at radius 1 is 1.24 bits per heavy atom. The highest BCUT2D eigenvalue weighted by atomic mass is 16.7. The zero-order valence-electron chi connectivity index (χ0n) is 16.3. The number of methoxy groups -OCH3 is 1. The van der Waals surface area contributed by atoms with Crippen molar-refractivity contribution in [3.05, 3.63) is 64.8 Å². The minimum Gasteiger partial charge on any atom is -0.493 e. The van der Waals surface area contributed by atoms with Crippen LogP contribution < -0.4 is 19.5 Å². The third kappa shape index (κ3) is 2.99. The van der Waals surface area contributed by atoms with Gasteiger partial charge >= 0.3 is 0 Å². The van der Waals surface area contributed by atoms with Gasteiger partial charge in [-0.05, 0) is 30.2 Å². The molecule has 1 amide bonds. The van der Waals surface area contributed by atoms with Gasteiger partial charge in [-0.2, -0.15) is 5.10 Å². The predicted molar refractivity (Wildman–Crippen MR) is 107 cm³/mol. The van der Waals surface area contributed by atoms with Gasteiger partial charge in [-0.15, -0.1) is 0 Å². The Kier molecular flexibility index (Phi) is 4.16. The van der Waals surface area contributed by atoms with E-state index in [2.05, 4.69) is 5.32 Å². The topological polar surface area (TPSA) is 74.6 Å². The molecular weight excluding hydrogens is 370 g/mol. The highest BCUT2D eigenvalue weighted by Gasteiger charge is 2.34. The van der Waals surface area contributed by atoms with Crippen molar-refractivity contribution in [3.63, 3.8) is 0 Å². The molecule has 1 aromatic heterocycles. The second-order valence-corrected chi connectivity index (χ2v) is 7.25. The zero-order valence-corrected chi connectivity index (χ0v) is 16.3. The molecule has 1 unspecified atom stereocenters. The van der Waals surface area contributed by atoms with Gasteiger partial charge in [0.25, 0.3) is 0 Å². The van der Waals surface area contributed by atoms with Gasteiger partial charge in [-0.1, -0.05) is 30.3 Å². The van der Waals surface area contributed by atoms with Gasteiger partial charge in [0.05, 0.1) is 19.3 Å². The van der Waals surface area contributed by atoms with Gasteiger partial charge in [0, 0.05) is 17.9 Å². The molecule has 0 bridgehead atoms. The standard InChI is InChI=1S/C22H21N3O4/c1-13-20-16(15-8-17(27-2)21-18(9-15)28-12-29-21)10-19(26)23-22(20)25(24-13)11-14-6-4-3-5-7-14/h3-9,16H,10-12H2,1-2H3,(H,23,26). The van der Waals surface area contributed by atoms with Crippen molar-refractivity contribution in [2.24, 2.45) is 0 Å². The fourth-order valence-corrected chi connectivity index (χ4v) is 4.12. The number of aromatic nitrogens is 2. The van der Waals surface area contributed by atoms with Gasteiger partial charge in [-0.25, -0.2) is 4.68 Å². The van der Waals surface area contributed by atoms with Crippen molar-refractivity contribution >= 4 is 11.7 Å². The lowest BCUT2D eigenvalue weighted by atomic mass is 9.85. The van der Waals surface area contributed by atoms with Gasteiger partial charge in [0.15, 0.2) is 11.5 Å². The van der Waals surface area contributed by atoms with Crippen LogP contribution in [0.2, 0.25) is 0 Å². The minimum absolute atomic E-state index is 0.0339. The van der Waals surface area contributed by atoms with E-state index in [4.69, 9.17) is 19.3 Å². The van der Waals surface area contributed by atoms with E-state index in [0.29, 0.717) is 30.2 Å². The summed E-state index contributed by atoms with van der Waals surface area (Å²) < 4.78 is 18.4. The molecule has 0 aliphatic carbocycles. The van der Waals surface area contributed by atoms with Crippen molar-refractivity contribution in [2.75, 3.05) is 19.2 Å². The largest absolute Gasteiger partial charge is 0.493 e. The lowest BCUT2D eigenvalue weighted by Crippen LogP contribution is -2.25. The van der Waals surface area contributed by atoms with Crippen LogP contribution in [0.3, 0.4) is 0 Å². The number of aryl methyl sites for hydroxylation is 1. The van der Waals surface area contributed by atoms with Crippen molar-refractivity contribution in [1.82, 2.24) is 9.78 Å². The summed E-state index contributed by atoms with van der Waals surface area (Å²) in [5.74, 6) is 2.44. The number of carbonyl (C=O) groups is 1. The summed E-state index contributed by atoms with van der Waals surface area (Å²) >= 11 is 0. The number of amides is 1. The van der Waals surface area contributed by atoms with E-state index in [1.54, 1.807) is 7.11 Å². The van der Waals surface area contributed by atoms with Gasteiger partial charge < -0.3 is 19.5 Å². The molecule has 5 rings (SSSR count). The molecule has 2 aliphatic heterocycles. The summed E-state index contributed by atoms with van der Waals surface area (Å²) in [6.45, 7) is 2.74. The number of hydrogen-bond acceptors (Lipinski definition) is 5. The van der Waals surface area contributed by atoms with E-state index in [0.717, 1.165) is 28.2 Å². The Morgan fingerprint density at radius 3 is 2.86 bits per heavy atom. The van der Waals surface area contributed by atoms with Crippen LogP contribution in [0.4, 0.5) is 5.82 Å². The normalized spacial score (nSPS) is 17.0. The third-order valence-corrected chi connectivity index (χ3v) is 5.43. The van der Waals surface area contributed by atoms with Crippen molar-refractivity contribution < 1.29 is 19.0 Å². The molecule has 1 atom stereocenters. The SMILES string of the molecule is COc1cc(C2CC(=O)Nc3c2c(C)nn3Cc2ccccc2)cc2c1OCO2. The van der Waals surface area contributed by atoms with Crippen LogP contribution in [0.1, 0.15) is 34.7 Å². The van der Waals surface area contributed by atoms with Gasteiger partial charge in [-0.3, -0.25) is 4.79 Å². The molecule has 7 nitrogen and oxygen atoms in total. The van der Waals surface area contributed by atoms with Crippen LogP contribution in [-0.2, 0) is 11.3 Å². The molecule has 3 aromatic rings. The van der Waals surface area contributed by atoms with E-state index in [1.807, 2.05) is 54.1 Å². The Morgan fingerprint density at radius 2 is 2.07 bits per heavy atom. The lowest BCUT2D eigenvalue weighted by Gasteiger charge is -2.25. The molecule has 1 N–H and O–H groups in total. The quantitative estimate of drug-likeness (QED) is 0.737. The first-order chi connectivity index (χ1) is 14.1. The number of nitrogens with zero attached hydrogens (tertiary/aromatic N) is 2. The van der Waals surface area contributed by atoms with Crippen LogP contribution in [0.15, 0.2) is 42.5 Å². The van der Waals surface area contributed by atoms with E-state index in [9.17, 15) is 4.79 Å². The minimum atomic E-state index is -0.133. The molecule has 2 aliphatic rings. The van der Waals surface area contributed by atoms with Crippen LogP contribution in [0, 0.1) is 6.92 Å². The summed E-state index contributed by atoms with van der Waals surface area (Å²) in [7, 11) is 1.60. The number of anilines is 1. The van der Waals surface area contributed by atoms with Gasteiger partial charge in [0.1, 0.15) is 5.82 Å². The van der Waals surface area contributed by atoms with Crippen LogP contribution in [0.5, 0.6) is 17.2 Å². The molecule has 0 radical (unpaired) electrons. The van der Waals surface area contributed by atoms with Crippen molar-refractivity contribution in [3.8, 4) is 17.2 Å². The molecular formula is C22H21N3O4. The lowest BCUT2D eigenvalue weighted by molar-refractivity contribution is -0.116. The highest BCUT2D eigenvalue weighted by molar-refractivity contribution is 5.94. The first kappa shape index (κ1) is 17.6. The molecule has 148 valence electrons. The molecule has 3 heterocycles. The summed E-state index contributed by atoms with van der Waals surface area (Å²) in [5, 5.41) is 7.75. The van der Waals surface area contributed by atoms with Crippen LogP contribution >= 0.6 is 0 Å². The van der Waals surface area contributed by atoms with Gasteiger partial charge in [0.2, 0.25) is 18.4 Å². The van der Waals surface area contributed by atoms with Crippen LogP contribution in [0.25, 0.3) is 0 Å². The van der Waals surface area contributed by atoms with Crippen LogP contribution in [-0.4, -0.2) is 29.6 Å². The number of carbonyl (C=O) groups excluding carboxylic acids is 1. The molecule has 2 aromatic carbocycles. The first-order valence-electron chi connectivity index (χ1n) is 9.52. The molecule has 0 saturated carbocycles. The van der Waals surface area contributed by atoms with E-state index in [-0.39, 0.29) is 18.6 Å². The average molecular weight is 391 g/mol. The second kappa shape index (κ2) is 6.84. The average Bonchev–Trinajstić information content (AvgIpc) is 3.32. The number of benzene rings is 2. The zero-order chi connectivity index (χ0) is 20.0. The monoisotopic (exact) mass is 391 g/mol. The maximum absolute atomic E-state index is 12.6. The summed E-state index contributed by atoms with van der Waals surface area (Å²) in [4.78, 5) is 12.6. The number of fused-ring (bicyclic) bond motifs is 2. The third-order valence-electron chi connectivity index (χ3n) is 5.43. The molecule has 7 heteroatoms. The highest BCUT2D eigenvalue weighted by Crippen LogP contribution is 2.47. The van der Waals surface area contributed by atoms with E-state index in [1.165, 1.54) is 0 Å². The first-order valence-corrected chi connectivity index (χ1v) is 9.52. The van der Waals surface area contributed by atoms with E-state index < -0.39 is 0 Å². The van der Waals surface area contributed by atoms with Crippen molar-refractivity contribution in [2.45, 2.75) is 25.8 Å².